The van der Waals surface area contributed by atoms with Crippen molar-refractivity contribution in [1.82, 2.24) is 0 Å². The largest absolute Gasteiger partial charge is 0.394 e. The maximum Gasteiger partial charge on any atom is 0.158 e. The van der Waals surface area contributed by atoms with Gasteiger partial charge in [-0.25, -0.2) is 0 Å². The Balaban J connectivity index is 1.75. The molecule has 15 heavy (non-hydrogen) atoms. The fourth-order valence-electron chi connectivity index (χ4n) is 1.69. The van der Waals surface area contributed by atoms with Gasteiger partial charge in [0.2, 0.25) is 0 Å². The molecule has 0 spiro atoms. The second kappa shape index (κ2) is 5.26. The van der Waals surface area contributed by atoms with E-state index in [0.29, 0.717) is 6.61 Å². The van der Waals surface area contributed by atoms with Gasteiger partial charge in [0, 0.05) is 6.42 Å². The van der Waals surface area contributed by atoms with Crippen LogP contribution in [0.1, 0.15) is 18.4 Å². The lowest BCUT2D eigenvalue weighted by Crippen LogP contribution is -2.16. The first-order chi connectivity index (χ1) is 7.38. The summed E-state index contributed by atoms with van der Waals surface area (Å²) in [5.74, 6) is 0. The number of ether oxygens (including phenoxy) is 2. The molecule has 1 saturated heterocycles. The van der Waals surface area contributed by atoms with E-state index in [0.717, 1.165) is 18.4 Å². The van der Waals surface area contributed by atoms with Crippen LogP contribution in [0, 0.1) is 0 Å². The zero-order valence-corrected chi connectivity index (χ0v) is 8.63. The van der Waals surface area contributed by atoms with Crippen LogP contribution < -0.4 is 0 Å². The third-order valence-corrected chi connectivity index (χ3v) is 2.55. The van der Waals surface area contributed by atoms with Crippen LogP contribution in [0.3, 0.4) is 0 Å². The summed E-state index contributed by atoms with van der Waals surface area (Å²) in [6.07, 6.45) is 1.57. The van der Waals surface area contributed by atoms with Gasteiger partial charge in [-0.3, -0.25) is 0 Å². The summed E-state index contributed by atoms with van der Waals surface area (Å²) in [5.41, 5.74) is 1.15. The topological polar surface area (TPSA) is 38.7 Å². The summed E-state index contributed by atoms with van der Waals surface area (Å²) in [6, 6.07) is 10.0. The summed E-state index contributed by atoms with van der Waals surface area (Å²) in [6.45, 7) is 0.662. The predicted octanol–water partition coefficient (Wildman–Crippen LogP) is 1.70. The van der Waals surface area contributed by atoms with Gasteiger partial charge in [-0.15, -0.1) is 0 Å². The Morgan fingerprint density at radius 2 is 2.07 bits per heavy atom. The Bertz CT molecular complexity index is 286. The number of aliphatic hydroxyl groups is 1. The van der Waals surface area contributed by atoms with E-state index >= 15 is 0 Å². The third-order valence-electron chi connectivity index (χ3n) is 2.55. The maximum atomic E-state index is 8.89. The van der Waals surface area contributed by atoms with E-state index in [1.54, 1.807) is 0 Å². The smallest absolute Gasteiger partial charge is 0.158 e. The third kappa shape index (κ3) is 3.02. The van der Waals surface area contributed by atoms with Gasteiger partial charge in [-0.05, 0) is 12.0 Å². The molecular formula is C12H16O3. The first-order valence-electron chi connectivity index (χ1n) is 5.30. The number of benzene rings is 1. The van der Waals surface area contributed by atoms with Crippen LogP contribution in [-0.2, 0) is 16.1 Å². The van der Waals surface area contributed by atoms with Crippen molar-refractivity contribution in [2.24, 2.45) is 0 Å². The molecule has 0 bridgehead atoms. The highest BCUT2D eigenvalue weighted by atomic mass is 16.7. The van der Waals surface area contributed by atoms with Crippen molar-refractivity contribution < 1.29 is 14.6 Å². The second-order valence-corrected chi connectivity index (χ2v) is 3.74. The zero-order chi connectivity index (χ0) is 10.5. The number of rotatable bonds is 4. The minimum Gasteiger partial charge on any atom is -0.394 e. The molecule has 1 aromatic rings. The summed E-state index contributed by atoms with van der Waals surface area (Å²) >= 11 is 0. The molecule has 1 aliphatic rings. The van der Waals surface area contributed by atoms with Crippen LogP contribution in [0.5, 0.6) is 0 Å². The van der Waals surface area contributed by atoms with Crippen LogP contribution in [0.25, 0.3) is 0 Å². The molecule has 1 fully saturated rings. The zero-order valence-electron chi connectivity index (χ0n) is 8.63. The molecule has 3 heteroatoms. The SMILES string of the molecule is OC[C@@H]1CC[C@H](OCc2ccccc2)O1. The molecule has 1 heterocycles. The minimum atomic E-state index is -0.151. The summed E-state index contributed by atoms with van der Waals surface area (Å²) in [4.78, 5) is 0. The first kappa shape index (κ1) is 10.6. The monoisotopic (exact) mass is 208 g/mol. The van der Waals surface area contributed by atoms with Crippen molar-refractivity contribution in [2.45, 2.75) is 31.8 Å². The highest BCUT2D eigenvalue weighted by Gasteiger charge is 2.24. The second-order valence-electron chi connectivity index (χ2n) is 3.74. The summed E-state index contributed by atoms with van der Waals surface area (Å²) in [5, 5.41) is 8.89. The highest BCUT2D eigenvalue weighted by molar-refractivity contribution is 5.13. The first-order valence-corrected chi connectivity index (χ1v) is 5.30. The van der Waals surface area contributed by atoms with Crippen molar-refractivity contribution in [3.63, 3.8) is 0 Å². The maximum absolute atomic E-state index is 8.89. The predicted molar refractivity (Wildman–Crippen MR) is 56.2 cm³/mol. The molecule has 2 rings (SSSR count). The molecule has 2 atom stereocenters. The Morgan fingerprint density at radius 1 is 1.27 bits per heavy atom. The molecule has 1 aromatic carbocycles. The average molecular weight is 208 g/mol. The average Bonchev–Trinajstić information content (AvgIpc) is 2.76. The van der Waals surface area contributed by atoms with Gasteiger partial charge in [0.15, 0.2) is 6.29 Å². The van der Waals surface area contributed by atoms with Crippen LogP contribution in [0.4, 0.5) is 0 Å². The number of hydrogen-bond donors (Lipinski definition) is 1. The fraction of sp³-hybridized carbons (Fsp3) is 0.500. The molecule has 0 aliphatic carbocycles. The molecule has 0 amide bonds. The van der Waals surface area contributed by atoms with E-state index in [4.69, 9.17) is 14.6 Å². The molecule has 3 nitrogen and oxygen atoms in total. The molecule has 0 aromatic heterocycles. The highest BCUT2D eigenvalue weighted by Crippen LogP contribution is 2.21. The van der Waals surface area contributed by atoms with Gasteiger partial charge in [0.1, 0.15) is 0 Å². The quantitative estimate of drug-likeness (QED) is 0.818. The fourth-order valence-corrected chi connectivity index (χ4v) is 1.69. The van der Waals surface area contributed by atoms with Gasteiger partial charge >= 0.3 is 0 Å². The van der Waals surface area contributed by atoms with E-state index in [1.165, 1.54) is 0 Å². The Hall–Kier alpha value is -0.900. The Morgan fingerprint density at radius 3 is 2.73 bits per heavy atom. The van der Waals surface area contributed by atoms with Crippen molar-refractivity contribution in [2.75, 3.05) is 6.61 Å². The van der Waals surface area contributed by atoms with E-state index in [1.807, 2.05) is 30.3 Å². The lowest BCUT2D eigenvalue weighted by molar-refractivity contribution is -0.146. The van der Waals surface area contributed by atoms with Crippen molar-refractivity contribution in [3.05, 3.63) is 35.9 Å². The Labute approximate surface area is 89.6 Å². The minimum absolute atomic E-state index is 0.0363. The molecule has 0 saturated carbocycles. The van der Waals surface area contributed by atoms with E-state index in [-0.39, 0.29) is 19.0 Å². The van der Waals surface area contributed by atoms with Crippen LogP contribution in [-0.4, -0.2) is 24.1 Å². The standard InChI is InChI=1S/C12H16O3/c13-8-11-6-7-12(15-11)14-9-10-4-2-1-3-5-10/h1-5,11-13H,6-9H2/t11-,12+/m0/s1. The number of aliphatic hydroxyl groups excluding tert-OH is 1. The molecule has 82 valence electrons. The normalized spacial score (nSPS) is 25.7. The molecule has 1 N–H and O–H groups in total. The van der Waals surface area contributed by atoms with Gasteiger partial charge in [-0.1, -0.05) is 30.3 Å². The lowest BCUT2D eigenvalue weighted by atomic mass is 10.2. The van der Waals surface area contributed by atoms with Crippen molar-refractivity contribution in [3.8, 4) is 0 Å². The Kier molecular flexibility index (Phi) is 3.72. The summed E-state index contributed by atoms with van der Waals surface area (Å²) < 4.78 is 11.0. The lowest BCUT2D eigenvalue weighted by Gasteiger charge is -2.12. The van der Waals surface area contributed by atoms with E-state index < -0.39 is 0 Å². The van der Waals surface area contributed by atoms with Gasteiger partial charge in [0.25, 0.3) is 0 Å². The summed E-state index contributed by atoms with van der Waals surface area (Å²) in [7, 11) is 0. The molecule has 1 aliphatic heterocycles. The number of hydrogen-bond acceptors (Lipinski definition) is 3. The van der Waals surface area contributed by atoms with Crippen molar-refractivity contribution >= 4 is 0 Å². The van der Waals surface area contributed by atoms with Gasteiger partial charge in [-0.2, -0.15) is 0 Å². The van der Waals surface area contributed by atoms with Crippen LogP contribution in [0.2, 0.25) is 0 Å². The van der Waals surface area contributed by atoms with Gasteiger partial charge < -0.3 is 14.6 Å². The molecule has 0 unspecified atom stereocenters. The van der Waals surface area contributed by atoms with Crippen LogP contribution >= 0.6 is 0 Å². The van der Waals surface area contributed by atoms with E-state index in [9.17, 15) is 0 Å². The van der Waals surface area contributed by atoms with Crippen LogP contribution in [0.15, 0.2) is 30.3 Å². The van der Waals surface area contributed by atoms with E-state index in [2.05, 4.69) is 0 Å². The van der Waals surface area contributed by atoms with Crippen molar-refractivity contribution in [1.29, 1.82) is 0 Å². The van der Waals surface area contributed by atoms with Gasteiger partial charge in [0.05, 0.1) is 19.3 Å². The molecular weight excluding hydrogens is 192 g/mol. The molecule has 0 radical (unpaired) electrons.